The lowest BCUT2D eigenvalue weighted by molar-refractivity contribution is 0.195. The van der Waals surface area contributed by atoms with Gasteiger partial charge in [-0.1, -0.05) is 19.8 Å². The Kier molecular flexibility index (Phi) is 5.13. The summed E-state index contributed by atoms with van der Waals surface area (Å²) in [4.78, 5) is 18.7. The van der Waals surface area contributed by atoms with E-state index in [1.54, 1.807) is 0 Å². The van der Waals surface area contributed by atoms with Gasteiger partial charge in [-0.2, -0.15) is 0 Å². The molecular weight excluding hydrogens is 183 g/mol. The normalized spacial score (nSPS) is 15.5. The topological polar surface area (TPSA) is 83.8 Å². The highest BCUT2D eigenvalue weighted by molar-refractivity contribution is 7.70. The zero-order chi connectivity index (χ0) is 9.61. The Hall–Kier alpha value is -0.380. The Labute approximate surface area is 70.9 Å². The molecule has 1 atom stereocenters. The van der Waals surface area contributed by atoms with E-state index >= 15 is 0 Å². The summed E-state index contributed by atoms with van der Waals surface area (Å²) in [7, 11) is -4.39. The van der Waals surface area contributed by atoms with Gasteiger partial charge in [-0.25, -0.2) is 9.36 Å². The minimum absolute atomic E-state index is 0.0217. The quantitative estimate of drug-likeness (QED) is 0.501. The van der Waals surface area contributed by atoms with Crippen LogP contribution in [0, 0.1) is 0 Å². The van der Waals surface area contributed by atoms with Gasteiger partial charge in [0.05, 0.1) is 6.61 Å². The first-order chi connectivity index (χ1) is 5.50. The van der Waals surface area contributed by atoms with Crippen molar-refractivity contribution in [1.82, 2.24) is 0 Å². The van der Waals surface area contributed by atoms with Crippen LogP contribution in [0.4, 0.5) is 4.79 Å². The van der Waals surface area contributed by atoms with Gasteiger partial charge >= 0.3 is 13.3 Å². The second-order valence-electron chi connectivity index (χ2n) is 2.34. The summed E-state index contributed by atoms with van der Waals surface area (Å²) < 4.78 is 14.9. The van der Waals surface area contributed by atoms with Crippen LogP contribution in [0.2, 0.25) is 0 Å². The van der Waals surface area contributed by atoms with Crippen molar-refractivity contribution in [2.75, 3.05) is 6.61 Å². The molecule has 0 aromatic heterocycles. The summed E-state index contributed by atoms with van der Waals surface area (Å²) >= 11 is 0. The molecule has 0 rings (SSSR count). The molecule has 12 heavy (non-hydrogen) atoms. The summed E-state index contributed by atoms with van der Waals surface area (Å²) in [5, 5.41) is 8.16. The smallest absolute Gasteiger partial charge is 0.435 e. The van der Waals surface area contributed by atoms with E-state index in [0.717, 1.165) is 12.8 Å². The molecule has 0 radical (unpaired) electrons. The van der Waals surface area contributed by atoms with Crippen molar-refractivity contribution < 1.29 is 23.9 Å². The highest BCUT2D eigenvalue weighted by atomic mass is 31.2. The average Bonchev–Trinajstić information content (AvgIpc) is 1.98. The highest BCUT2D eigenvalue weighted by Crippen LogP contribution is 2.42. The highest BCUT2D eigenvalue weighted by Gasteiger charge is 2.29. The average molecular weight is 196 g/mol. The maximum atomic E-state index is 10.6. The lowest BCUT2D eigenvalue weighted by atomic mass is 10.3. The summed E-state index contributed by atoms with van der Waals surface area (Å²) in [5.74, 6) is 0. The molecule has 0 aliphatic rings. The van der Waals surface area contributed by atoms with Gasteiger partial charge in [0.25, 0.3) is 0 Å². The Morgan fingerprint density at radius 3 is 2.50 bits per heavy atom. The minimum atomic E-state index is -4.39. The van der Waals surface area contributed by atoms with Crippen LogP contribution in [0.1, 0.15) is 26.2 Å². The molecule has 0 aliphatic heterocycles. The number of carbonyl (C=O) groups is 1. The van der Waals surface area contributed by atoms with E-state index in [1.165, 1.54) is 0 Å². The van der Waals surface area contributed by atoms with Crippen LogP contribution in [-0.4, -0.2) is 22.3 Å². The molecule has 5 nitrogen and oxygen atoms in total. The fourth-order valence-electron chi connectivity index (χ4n) is 0.596. The Balaban J connectivity index is 3.63. The third kappa shape index (κ3) is 4.49. The molecule has 0 aliphatic carbocycles. The molecular formula is C6H13O5P. The van der Waals surface area contributed by atoms with E-state index in [4.69, 9.17) is 10.00 Å². The van der Waals surface area contributed by atoms with Crippen LogP contribution in [0.5, 0.6) is 0 Å². The molecule has 0 aromatic carbocycles. The van der Waals surface area contributed by atoms with Gasteiger partial charge in [0.1, 0.15) is 0 Å². The van der Waals surface area contributed by atoms with Gasteiger partial charge < -0.3 is 14.5 Å². The molecule has 0 heterocycles. The van der Waals surface area contributed by atoms with Crippen LogP contribution < -0.4 is 0 Å². The fourth-order valence-corrected chi connectivity index (χ4v) is 1.08. The lowest BCUT2D eigenvalue weighted by Gasteiger charge is -2.05. The number of unbranched alkanes of at least 4 members (excludes halogenated alkanes) is 2. The molecule has 72 valence electrons. The van der Waals surface area contributed by atoms with E-state index in [-0.39, 0.29) is 6.61 Å². The number of hydrogen-bond acceptors (Lipinski definition) is 3. The van der Waals surface area contributed by atoms with Gasteiger partial charge in [0, 0.05) is 0 Å². The molecule has 0 aromatic rings. The molecule has 6 heteroatoms. The maximum Gasteiger partial charge on any atom is 0.435 e. The summed E-state index contributed by atoms with van der Waals surface area (Å²) in [6.45, 7) is 1.99. The van der Waals surface area contributed by atoms with Gasteiger partial charge in [0.2, 0.25) is 0 Å². The lowest BCUT2D eigenvalue weighted by Crippen LogP contribution is -2.00. The first-order valence-corrected chi connectivity index (χ1v) is 5.29. The van der Waals surface area contributed by atoms with E-state index in [2.05, 4.69) is 4.52 Å². The van der Waals surface area contributed by atoms with Crippen LogP contribution in [0.15, 0.2) is 0 Å². The summed E-state index contributed by atoms with van der Waals surface area (Å²) in [5.41, 5.74) is -1.79. The van der Waals surface area contributed by atoms with Crippen molar-refractivity contribution >= 4 is 13.3 Å². The minimum Gasteiger partial charge on any atom is -0.472 e. The molecule has 0 spiro atoms. The van der Waals surface area contributed by atoms with Crippen molar-refractivity contribution in [3.8, 4) is 0 Å². The molecule has 0 saturated carbocycles. The number of hydrogen-bond donors (Lipinski definition) is 2. The maximum absolute atomic E-state index is 10.6. The molecule has 0 bridgehead atoms. The van der Waals surface area contributed by atoms with Crippen molar-refractivity contribution in [1.29, 1.82) is 0 Å². The van der Waals surface area contributed by atoms with Crippen LogP contribution in [0.25, 0.3) is 0 Å². The standard InChI is InChI=1S/C6H13O5P/c1-2-3-4-5-11-12(9,10)6(7)8/h2-5H2,1H3,(H,7,8)(H,9,10). The van der Waals surface area contributed by atoms with Crippen molar-refractivity contribution in [3.63, 3.8) is 0 Å². The van der Waals surface area contributed by atoms with Crippen molar-refractivity contribution in [3.05, 3.63) is 0 Å². The van der Waals surface area contributed by atoms with Crippen LogP contribution in [0.3, 0.4) is 0 Å². The fraction of sp³-hybridized carbons (Fsp3) is 0.833. The zero-order valence-corrected chi connectivity index (χ0v) is 7.79. The zero-order valence-electron chi connectivity index (χ0n) is 6.89. The Bertz CT molecular complexity index is 190. The SMILES string of the molecule is CCCCCOP(=O)(O)C(=O)O. The van der Waals surface area contributed by atoms with Crippen molar-refractivity contribution in [2.45, 2.75) is 26.2 Å². The molecule has 2 N–H and O–H groups in total. The van der Waals surface area contributed by atoms with Gasteiger partial charge in [-0.15, -0.1) is 0 Å². The third-order valence-electron chi connectivity index (χ3n) is 1.26. The van der Waals surface area contributed by atoms with Crippen LogP contribution in [-0.2, 0) is 9.09 Å². The van der Waals surface area contributed by atoms with E-state index in [9.17, 15) is 9.36 Å². The molecule has 0 saturated heterocycles. The summed E-state index contributed by atoms with van der Waals surface area (Å²) in [6.07, 6.45) is 2.42. The number of carboxylic acid groups (broad SMARTS) is 1. The van der Waals surface area contributed by atoms with Gasteiger partial charge in [-0.05, 0) is 6.42 Å². The second kappa shape index (κ2) is 5.30. The monoisotopic (exact) mass is 196 g/mol. The van der Waals surface area contributed by atoms with E-state index < -0.39 is 13.3 Å². The van der Waals surface area contributed by atoms with Gasteiger partial charge in [0.15, 0.2) is 0 Å². The van der Waals surface area contributed by atoms with E-state index in [0.29, 0.717) is 6.42 Å². The Morgan fingerprint density at radius 2 is 2.08 bits per heavy atom. The first kappa shape index (κ1) is 11.6. The predicted molar refractivity (Wildman–Crippen MR) is 43.3 cm³/mol. The third-order valence-corrected chi connectivity index (χ3v) is 2.27. The largest absolute Gasteiger partial charge is 0.472 e. The molecule has 1 unspecified atom stereocenters. The molecule has 0 fully saturated rings. The van der Waals surface area contributed by atoms with Crippen molar-refractivity contribution in [2.24, 2.45) is 0 Å². The summed E-state index contributed by atoms with van der Waals surface area (Å²) in [6, 6.07) is 0. The Morgan fingerprint density at radius 1 is 1.50 bits per heavy atom. The molecule has 0 amide bonds. The number of rotatable bonds is 6. The predicted octanol–water partition coefficient (Wildman–Crippen LogP) is 2.06. The van der Waals surface area contributed by atoms with E-state index in [1.807, 2.05) is 6.92 Å². The first-order valence-electron chi connectivity index (χ1n) is 3.71. The second-order valence-corrected chi connectivity index (χ2v) is 4.02. The van der Waals surface area contributed by atoms with Gasteiger partial charge in [-0.3, -0.25) is 0 Å². The van der Waals surface area contributed by atoms with Crippen LogP contribution >= 0.6 is 7.60 Å².